The predicted octanol–water partition coefficient (Wildman–Crippen LogP) is 4.18. The van der Waals surface area contributed by atoms with Crippen molar-refractivity contribution < 1.29 is 19.0 Å². The molecule has 0 radical (unpaired) electrons. The second-order valence-corrected chi connectivity index (χ2v) is 6.65. The fourth-order valence-corrected chi connectivity index (χ4v) is 3.05. The van der Waals surface area contributed by atoms with Crippen molar-refractivity contribution >= 4 is 5.97 Å². The van der Waals surface area contributed by atoms with Gasteiger partial charge < -0.3 is 14.2 Å². The van der Waals surface area contributed by atoms with Crippen LogP contribution in [0.4, 0.5) is 0 Å². The van der Waals surface area contributed by atoms with Crippen molar-refractivity contribution in [2.75, 3.05) is 19.8 Å². The fraction of sp³-hybridized carbons (Fsp3) is 0.545. The van der Waals surface area contributed by atoms with Crippen LogP contribution >= 0.6 is 0 Å². The van der Waals surface area contributed by atoms with Gasteiger partial charge in [0.2, 0.25) is 0 Å². The Balaban J connectivity index is 1.93. The Bertz CT molecular complexity index is 631. The summed E-state index contributed by atoms with van der Waals surface area (Å²) in [5, 5.41) is 9.75. The van der Waals surface area contributed by atoms with E-state index in [1.165, 1.54) is 5.56 Å². The highest BCUT2D eigenvalue weighted by atomic mass is 16.7. The normalized spacial score (nSPS) is 17.3. The molecule has 1 aliphatic heterocycles. The van der Waals surface area contributed by atoms with Gasteiger partial charge in [-0.25, -0.2) is 4.79 Å². The molecule has 0 N–H and O–H groups in total. The maximum atomic E-state index is 12.5. The summed E-state index contributed by atoms with van der Waals surface area (Å²) in [5.74, 6) is -0.498. The molecular weight excluding hydrogens is 342 g/mol. The van der Waals surface area contributed by atoms with Crippen LogP contribution in [0.1, 0.15) is 44.6 Å². The molecule has 1 fully saturated rings. The molecule has 27 heavy (non-hydrogen) atoms. The predicted molar refractivity (Wildman–Crippen MR) is 103 cm³/mol. The van der Waals surface area contributed by atoms with E-state index in [1.807, 2.05) is 24.3 Å². The fourth-order valence-electron chi connectivity index (χ4n) is 3.05. The Morgan fingerprint density at radius 2 is 2.07 bits per heavy atom. The minimum absolute atomic E-state index is 0.251. The number of benzene rings is 1. The number of rotatable bonds is 10. The molecular formula is C22H29NO4. The first-order chi connectivity index (χ1) is 13.2. The second-order valence-electron chi connectivity index (χ2n) is 6.65. The summed E-state index contributed by atoms with van der Waals surface area (Å²) in [5.41, 5.74) is 0.00172. The molecule has 0 saturated carbocycles. The summed E-state index contributed by atoms with van der Waals surface area (Å²) < 4.78 is 16.3. The smallest absolute Gasteiger partial charge is 0.330 e. The van der Waals surface area contributed by atoms with Gasteiger partial charge >= 0.3 is 5.97 Å². The SMILES string of the molecule is CCOC(=O)[C@](C#N)(/C=C/CCCc1ccccc1)CCC1OCCCO1. The molecule has 1 atom stereocenters. The van der Waals surface area contributed by atoms with E-state index in [4.69, 9.17) is 14.2 Å². The van der Waals surface area contributed by atoms with Crippen molar-refractivity contribution in [2.24, 2.45) is 5.41 Å². The van der Waals surface area contributed by atoms with Crippen molar-refractivity contribution in [3.8, 4) is 6.07 Å². The Kier molecular flexibility index (Phi) is 9.03. The third kappa shape index (κ3) is 6.82. The van der Waals surface area contributed by atoms with E-state index in [1.54, 1.807) is 13.0 Å². The topological polar surface area (TPSA) is 68.6 Å². The molecule has 0 unspecified atom stereocenters. The summed E-state index contributed by atoms with van der Waals surface area (Å²) in [6.45, 7) is 3.30. The molecule has 1 aliphatic rings. The standard InChI is InChI=1S/C22H29NO4/c1-2-25-21(24)22(18-23,15-13-20-26-16-9-17-27-20)14-8-4-7-12-19-10-5-3-6-11-19/h3,5-6,8,10-11,14,20H,2,4,7,9,12-13,15-17H2,1H3/b14-8+/t22-/m1/s1. The molecule has 0 amide bonds. The summed E-state index contributed by atoms with van der Waals surface area (Å²) >= 11 is 0. The van der Waals surface area contributed by atoms with Crippen LogP contribution in [0, 0.1) is 16.7 Å². The zero-order valence-electron chi connectivity index (χ0n) is 16.1. The van der Waals surface area contributed by atoms with Gasteiger partial charge in [0, 0.05) is 6.42 Å². The molecule has 2 rings (SSSR count). The van der Waals surface area contributed by atoms with Crippen LogP contribution in [0.5, 0.6) is 0 Å². The third-order valence-corrected chi connectivity index (χ3v) is 4.59. The number of carbonyl (C=O) groups excluding carboxylic acids is 1. The number of esters is 1. The van der Waals surface area contributed by atoms with Gasteiger partial charge in [0.15, 0.2) is 11.7 Å². The van der Waals surface area contributed by atoms with Gasteiger partial charge in [0.25, 0.3) is 0 Å². The van der Waals surface area contributed by atoms with E-state index in [9.17, 15) is 10.1 Å². The number of hydrogen-bond donors (Lipinski definition) is 0. The number of carbonyl (C=O) groups is 1. The Morgan fingerprint density at radius 1 is 1.33 bits per heavy atom. The van der Waals surface area contributed by atoms with E-state index in [-0.39, 0.29) is 12.9 Å². The molecule has 1 aromatic rings. The van der Waals surface area contributed by atoms with Gasteiger partial charge in [0.1, 0.15) is 0 Å². The minimum Gasteiger partial charge on any atom is -0.465 e. The largest absolute Gasteiger partial charge is 0.465 e. The molecule has 0 spiro atoms. The van der Waals surface area contributed by atoms with E-state index in [2.05, 4.69) is 18.2 Å². The summed E-state index contributed by atoms with van der Waals surface area (Å²) in [6, 6.07) is 12.4. The minimum atomic E-state index is -1.28. The lowest BCUT2D eigenvalue weighted by Gasteiger charge is -2.26. The maximum Gasteiger partial charge on any atom is 0.330 e. The Labute approximate surface area is 161 Å². The third-order valence-electron chi connectivity index (χ3n) is 4.59. The van der Waals surface area contributed by atoms with Crippen LogP contribution in [0.2, 0.25) is 0 Å². The zero-order chi connectivity index (χ0) is 19.4. The molecule has 0 aliphatic carbocycles. The first kappa shape index (κ1) is 21.1. The van der Waals surface area contributed by atoms with Gasteiger partial charge in [-0.2, -0.15) is 5.26 Å². The molecule has 146 valence electrons. The van der Waals surface area contributed by atoms with Crippen molar-refractivity contribution in [3.63, 3.8) is 0 Å². The molecule has 1 aromatic carbocycles. The van der Waals surface area contributed by atoms with Crippen LogP contribution in [0.25, 0.3) is 0 Å². The first-order valence-electron chi connectivity index (χ1n) is 9.73. The lowest BCUT2D eigenvalue weighted by atomic mass is 9.83. The van der Waals surface area contributed by atoms with Gasteiger partial charge in [0.05, 0.1) is 25.9 Å². The molecule has 1 heterocycles. The van der Waals surface area contributed by atoms with E-state index in [0.717, 1.165) is 25.7 Å². The number of hydrogen-bond acceptors (Lipinski definition) is 5. The molecule has 5 heteroatoms. The average molecular weight is 371 g/mol. The van der Waals surface area contributed by atoms with Crippen LogP contribution in [0.15, 0.2) is 42.5 Å². The molecule has 0 bridgehead atoms. The van der Waals surface area contributed by atoms with Gasteiger partial charge in [-0.15, -0.1) is 0 Å². The number of ether oxygens (including phenoxy) is 3. The van der Waals surface area contributed by atoms with Gasteiger partial charge in [-0.1, -0.05) is 42.5 Å². The molecule has 0 aromatic heterocycles. The highest BCUT2D eigenvalue weighted by molar-refractivity contribution is 5.82. The highest BCUT2D eigenvalue weighted by Gasteiger charge is 2.38. The molecule has 5 nitrogen and oxygen atoms in total. The van der Waals surface area contributed by atoms with Crippen molar-refractivity contribution in [1.29, 1.82) is 5.26 Å². The lowest BCUT2D eigenvalue weighted by Crippen LogP contribution is -2.33. The van der Waals surface area contributed by atoms with Crippen LogP contribution in [0.3, 0.4) is 0 Å². The van der Waals surface area contributed by atoms with Gasteiger partial charge in [-0.3, -0.25) is 0 Å². The number of nitrogens with zero attached hydrogens (tertiary/aromatic N) is 1. The Morgan fingerprint density at radius 3 is 2.74 bits per heavy atom. The average Bonchev–Trinajstić information content (AvgIpc) is 2.72. The Hall–Kier alpha value is -2.16. The number of allylic oxidation sites excluding steroid dienone is 1. The highest BCUT2D eigenvalue weighted by Crippen LogP contribution is 2.30. The summed E-state index contributed by atoms with van der Waals surface area (Å²) in [7, 11) is 0. The van der Waals surface area contributed by atoms with Crippen molar-refractivity contribution in [1.82, 2.24) is 0 Å². The summed E-state index contributed by atoms with van der Waals surface area (Å²) in [6.07, 6.45) is 7.68. The van der Waals surface area contributed by atoms with E-state index in [0.29, 0.717) is 26.1 Å². The quantitative estimate of drug-likeness (QED) is 0.351. The van der Waals surface area contributed by atoms with Gasteiger partial charge in [-0.05, 0) is 44.6 Å². The number of nitriles is 1. The summed E-state index contributed by atoms with van der Waals surface area (Å²) in [4.78, 5) is 12.5. The maximum absolute atomic E-state index is 12.5. The second kappa shape index (κ2) is 11.5. The van der Waals surface area contributed by atoms with Crippen LogP contribution in [-0.4, -0.2) is 32.1 Å². The van der Waals surface area contributed by atoms with Crippen LogP contribution < -0.4 is 0 Å². The lowest BCUT2D eigenvalue weighted by molar-refractivity contribution is -0.184. The van der Waals surface area contributed by atoms with E-state index >= 15 is 0 Å². The zero-order valence-corrected chi connectivity index (χ0v) is 16.1. The van der Waals surface area contributed by atoms with Crippen molar-refractivity contribution in [2.45, 2.75) is 51.7 Å². The first-order valence-corrected chi connectivity index (χ1v) is 9.73. The molecule has 1 saturated heterocycles. The van der Waals surface area contributed by atoms with Crippen LogP contribution in [-0.2, 0) is 25.4 Å². The number of unbranched alkanes of at least 4 members (excludes halogenated alkanes) is 1. The monoisotopic (exact) mass is 371 g/mol. The van der Waals surface area contributed by atoms with E-state index < -0.39 is 11.4 Å². The van der Waals surface area contributed by atoms with Crippen molar-refractivity contribution in [3.05, 3.63) is 48.0 Å². The number of aryl methyl sites for hydroxylation is 1.